The molecule has 0 amide bonds. The minimum Gasteiger partial charge on any atom is -0.0964 e. The van der Waals surface area contributed by atoms with Crippen molar-refractivity contribution in [1.29, 1.82) is 0 Å². The topological polar surface area (TPSA) is 0 Å². The van der Waals surface area contributed by atoms with Gasteiger partial charge in [0.25, 0.3) is 0 Å². The van der Waals surface area contributed by atoms with Crippen LogP contribution in [0.1, 0.15) is 39.5 Å². The van der Waals surface area contributed by atoms with Gasteiger partial charge in [-0.3, -0.25) is 0 Å². The maximum atomic E-state index is 6.08. The summed E-state index contributed by atoms with van der Waals surface area (Å²) in [5, 5.41) is 0. The molecule has 0 aliphatic rings. The second-order valence-corrected chi connectivity index (χ2v) is 5.87. The van der Waals surface area contributed by atoms with Crippen LogP contribution in [0.4, 0.5) is 0 Å². The van der Waals surface area contributed by atoms with Crippen LogP contribution in [0.25, 0.3) is 0 Å². The summed E-state index contributed by atoms with van der Waals surface area (Å²) in [5.74, 6) is 0. The highest BCUT2D eigenvalue weighted by atomic mass is 35.7. The lowest BCUT2D eigenvalue weighted by molar-refractivity contribution is 0.776. The molecule has 0 aromatic carbocycles. The van der Waals surface area contributed by atoms with Crippen LogP contribution in [0.3, 0.4) is 0 Å². The molecule has 62 valence electrons. The second kappa shape index (κ2) is 7.82. The normalized spacial score (nSPS) is 13.5. The molecule has 0 bridgehead atoms. The fraction of sp³-hybridized carbons (Fsp3) is 1.00. The van der Waals surface area contributed by atoms with Gasteiger partial charge in [0.15, 0.2) is 0 Å². The van der Waals surface area contributed by atoms with Crippen molar-refractivity contribution in [2.24, 2.45) is 0 Å². The van der Waals surface area contributed by atoms with Gasteiger partial charge in [-0.05, 0) is 26.0 Å². The van der Waals surface area contributed by atoms with Gasteiger partial charge in [0.2, 0.25) is 0 Å². The molecule has 10 heavy (non-hydrogen) atoms. The molecular weight excluding hydrogens is 163 g/mol. The summed E-state index contributed by atoms with van der Waals surface area (Å²) in [5.41, 5.74) is 0. The molecular formula is C8H18ClP. The Labute approximate surface area is 70.9 Å². The Bertz CT molecular complexity index is 66.3. The van der Waals surface area contributed by atoms with Gasteiger partial charge in [0.1, 0.15) is 0 Å². The number of hydrogen-bond acceptors (Lipinski definition) is 0. The van der Waals surface area contributed by atoms with Crippen LogP contribution in [0, 0.1) is 0 Å². The summed E-state index contributed by atoms with van der Waals surface area (Å²) in [4.78, 5) is 0. The lowest BCUT2D eigenvalue weighted by Crippen LogP contribution is -1.83. The van der Waals surface area contributed by atoms with Gasteiger partial charge >= 0.3 is 0 Å². The SMILES string of the molecule is CCCCCP(Cl)CCC. The minimum atomic E-state index is -0.120. The molecule has 0 heterocycles. The molecule has 0 aliphatic carbocycles. The zero-order chi connectivity index (χ0) is 7.82. The van der Waals surface area contributed by atoms with Crippen molar-refractivity contribution >= 4 is 18.5 Å². The van der Waals surface area contributed by atoms with Crippen LogP contribution in [-0.4, -0.2) is 12.3 Å². The molecule has 0 aliphatic heterocycles. The van der Waals surface area contributed by atoms with Crippen LogP contribution >= 0.6 is 18.5 Å². The van der Waals surface area contributed by atoms with Crippen molar-refractivity contribution in [3.8, 4) is 0 Å². The van der Waals surface area contributed by atoms with Crippen LogP contribution in [0.2, 0.25) is 0 Å². The number of halogens is 1. The average Bonchev–Trinajstić information content (AvgIpc) is 1.89. The quantitative estimate of drug-likeness (QED) is 0.424. The maximum absolute atomic E-state index is 6.08. The predicted molar refractivity (Wildman–Crippen MR) is 52.3 cm³/mol. The first-order chi connectivity index (χ1) is 4.81. The molecule has 0 nitrogen and oxygen atoms in total. The molecule has 0 fully saturated rings. The Hall–Kier alpha value is 0.720. The molecule has 1 atom stereocenters. The van der Waals surface area contributed by atoms with Gasteiger partial charge < -0.3 is 0 Å². The minimum absolute atomic E-state index is 0.120. The van der Waals surface area contributed by atoms with Gasteiger partial charge in [0.05, 0.1) is 0 Å². The maximum Gasteiger partial charge on any atom is -0.00975 e. The van der Waals surface area contributed by atoms with Gasteiger partial charge in [0, 0.05) is 0 Å². The monoisotopic (exact) mass is 180 g/mol. The van der Waals surface area contributed by atoms with Crippen LogP contribution < -0.4 is 0 Å². The van der Waals surface area contributed by atoms with Crippen molar-refractivity contribution in [3.63, 3.8) is 0 Å². The first kappa shape index (κ1) is 10.7. The molecule has 0 spiro atoms. The van der Waals surface area contributed by atoms with Crippen LogP contribution in [-0.2, 0) is 0 Å². The van der Waals surface area contributed by atoms with Crippen molar-refractivity contribution in [2.45, 2.75) is 39.5 Å². The number of hydrogen-bond donors (Lipinski definition) is 0. The highest BCUT2D eigenvalue weighted by Crippen LogP contribution is 2.42. The Morgan fingerprint density at radius 2 is 1.70 bits per heavy atom. The van der Waals surface area contributed by atoms with E-state index in [4.69, 9.17) is 11.2 Å². The molecule has 2 heteroatoms. The summed E-state index contributed by atoms with van der Waals surface area (Å²) in [7, 11) is -0.120. The summed E-state index contributed by atoms with van der Waals surface area (Å²) in [6.45, 7) is 4.44. The van der Waals surface area contributed by atoms with Crippen molar-refractivity contribution in [1.82, 2.24) is 0 Å². The average molecular weight is 181 g/mol. The fourth-order valence-electron chi connectivity index (χ4n) is 0.888. The first-order valence-electron chi connectivity index (χ1n) is 4.22. The Morgan fingerprint density at radius 1 is 1.00 bits per heavy atom. The standard InChI is InChI=1S/C8H18ClP/c1-3-5-6-8-10(9)7-4-2/h3-8H2,1-2H3. The van der Waals surface area contributed by atoms with E-state index < -0.39 is 0 Å². The van der Waals surface area contributed by atoms with E-state index in [9.17, 15) is 0 Å². The van der Waals surface area contributed by atoms with Crippen LogP contribution in [0.5, 0.6) is 0 Å². The van der Waals surface area contributed by atoms with E-state index in [0.29, 0.717) is 0 Å². The van der Waals surface area contributed by atoms with E-state index in [1.165, 1.54) is 38.0 Å². The summed E-state index contributed by atoms with van der Waals surface area (Å²) in [6, 6.07) is 0. The highest BCUT2D eigenvalue weighted by Gasteiger charge is 2.00. The lowest BCUT2D eigenvalue weighted by atomic mass is 10.3. The van der Waals surface area contributed by atoms with Gasteiger partial charge in [-0.25, -0.2) is 0 Å². The van der Waals surface area contributed by atoms with Crippen molar-refractivity contribution < 1.29 is 0 Å². The van der Waals surface area contributed by atoms with Gasteiger partial charge in [-0.2, -0.15) is 0 Å². The molecule has 0 aromatic heterocycles. The lowest BCUT2D eigenvalue weighted by Gasteiger charge is -2.05. The molecule has 0 radical (unpaired) electrons. The zero-order valence-electron chi connectivity index (χ0n) is 7.07. The third-order valence-corrected chi connectivity index (χ3v) is 4.22. The molecule has 0 rings (SSSR count). The number of unbranched alkanes of at least 4 members (excludes halogenated alkanes) is 2. The van der Waals surface area contributed by atoms with Crippen molar-refractivity contribution in [2.75, 3.05) is 12.3 Å². The second-order valence-electron chi connectivity index (χ2n) is 2.62. The smallest absolute Gasteiger partial charge is 0.00975 e. The molecule has 0 saturated heterocycles. The summed E-state index contributed by atoms with van der Waals surface area (Å²) >= 11 is 6.08. The fourth-order valence-corrected chi connectivity index (χ4v) is 3.03. The Kier molecular flexibility index (Phi) is 8.39. The van der Waals surface area contributed by atoms with E-state index >= 15 is 0 Å². The predicted octanol–water partition coefficient (Wildman–Crippen LogP) is 4.22. The summed E-state index contributed by atoms with van der Waals surface area (Å²) < 4.78 is 0. The molecule has 0 aromatic rings. The van der Waals surface area contributed by atoms with E-state index in [1.807, 2.05) is 0 Å². The van der Waals surface area contributed by atoms with Gasteiger partial charge in [-0.1, -0.05) is 44.4 Å². The molecule has 0 saturated carbocycles. The Balaban J connectivity index is 2.97. The van der Waals surface area contributed by atoms with Crippen molar-refractivity contribution in [3.05, 3.63) is 0 Å². The highest BCUT2D eigenvalue weighted by molar-refractivity contribution is 7.83. The van der Waals surface area contributed by atoms with E-state index in [-0.39, 0.29) is 7.27 Å². The zero-order valence-corrected chi connectivity index (χ0v) is 8.72. The van der Waals surface area contributed by atoms with Gasteiger partial charge in [-0.15, -0.1) is 0 Å². The largest absolute Gasteiger partial charge is 0.0964 e. The van der Waals surface area contributed by atoms with E-state index in [2.05, 4.69) is 13.8 Å². The number of rotatable bonds is 6. The third kappa shape index (κ3) is 6.83. The third-order valence-electron chi connectivity index (χ3n) is 1.47. The molecule has 1 unspecified atom stereocenters. The summed E-state index contributed by atoms with van der Waals surface area (Å²) in [6.07, 6.45) is 7.79. The molecule has 0 N–H and O–H groups in total. The van der Waals surface area contributed by atoms with E-state index in [0.717, 1.165) is 0 Å². The van der Waals surface area contributed by atoms with E-state index in [1.54, 1.807) is 0 Å². The Morgan fingerprint density at radius 3 is 2.20 bits per heavy atom. The van der Waals surface area contributed by atoms with Crippen LogP contribution in [0.15, 0.2) is 0 Å². The first-order valence-corrected chi connectivity index (χ1v) is 6.83.